The number of hydrogen-bond donors (Lipinski definition) is 1. The second kappa shape index (κ2) is 9.15. The highest BCUT2D eigenvalue weighted by atomic mass is 28.4. The summed E-state index contributed by atoms with van der Waals surface area (Å²) in [5, 5.41) is 11.4. The van der Waals surface area contributed by atoms with Crippen molar-refractivity contribution in [3.8, 4) is 0 Å². The van der Waals surface area contributed by atoms with E-state index in [0.717, 1.165) is 12.8 Å². The van der Waals surface area contributed by atoms with Gasteiger partial charge in [-0.15, -0.1) is 0 Å². The number of rotatable bonds is 5. The molecule has 0 spiro atoms. The second-order valence-electron chi connectivity index (χ2n) is 6.01. The Morgan fingerprint density at radius 3 is 2.29 bits per heavy atom. The lowest BCUT2D eigenvalue weighted by molar-refractivity contribution is 0.289. The summed E-state index contributed by atoms with van der Waals surface area (Å²) in [6, 6.07) is 14.7. The monoisotopic (exact) mass is 320 g/mol. The predicted octanol–water partition coefficient (Wildman–Crippen LogP) is 3.73. The highest BCUT2D eigenvalue weighted by molar-refractivity contribution is 6.73. The number of benzene rings is 2. The Morgan fingerprint density at radius 2 is 1.71 bits per heavy atom. The number of fused-ring (bicyclic) bond motifs is 1. The van der Waals surface area contributed by atoms with Crippen molar-refractivity contribution in [2.75, 3.05) is 6.61 Å². The van der Waals surface area contributed by atoms with Gasteiger partial charge in [-0.3, -0.25) is 0 Å². The van der Waals surface area contributed by atoms with Crippen molar-refractivity contribution >= 4 is 28.9 Å². The lowest BCUT2D eigenvalue weighted by Crippen LogP contribution is -2.26. The maximum absolute atomic E-state index is 8.80. The van der Waals surface area contributed by atoms with E-state index in [1.807, 2.05) is 0 Å². The van der Waals surface area contributed by atoms with Gasteiger partial charge >= 0.3 is 0 Å². The normalized spacial score (nSPS) is 11.7. The Labute approximate surface area is 132 Å². The Bertz CT molecular complexity index is 530. The van der Waals surface area contributed by atoms with Crippen LogP contribution in [0.25, 0.3) is 10.8 Å². The van der Waals surface area contributed by atoms with Crippen molar-refractivity contribution in [2.24, 2.45) is 0 Å². The second-order valence-corrected chi connectivity index (χ2v) is 12.0. The average Bonchev–Trinajstić information content (AvgIpc) is 2.44. The van der Waals surface area contributed by atoms with Gasteiger partial charge in [-0.05, 0) is 48.8 Å². The van der Waals surface area contributed by atoms with E-state index in [-0.39, 0.29) is 16.4 Å². The van der Waals surface area contributed by atoms with E-state index in [1.165, 1.54) is 16.3 Å². The molecule has 0 saturated carbocycles. The Hall–Kier alpha value is -0.946. The first kappa shape index (κ1) is 18.1. The van der Waals surface area contributed by atoms with Gasteiger partial charge in [0, 0.05) is 6.61 Å². The third kappa shape index (κ3) is 7.04. The molecule has 2 nitrogen and oxygen atoms in total. The quantitative estimate of drug-likeness (QED) is 0.851. The van der Waals surface area contributed by atoms with Crippen molar-refractivity contribution in [1.29, 1.82) is 0 Å². The molecule has 0 aliphatic carbocycles. The topological polar surface area (TPSA) is 29.5 Å². The summed E-state index contributed by atoms with van der Waals surface area (Å²) in [5.41, 5.74) is 1.33. The third-order valence-corrected chi connectivity index (χ3v) is 7.68. The van der Waals surface area contributed by atoms with Gasteiger partial charge in [-0.2, -0.15) is 0 Å². The molecule has 0 aliphatic rings. The van der Waals surface area contributed by atoms with E-state index < -0.39 is 8.32 Å². The first-order valence-electron chi connectivity index (χ1n) is 7.69. The van der Waals surface area contributed by atoms with Crippen LogP contribution in [0, 0.1) is 0 Å². The Morgan fingerprint density at radius 1 is 1.05 bits per heavy atom. The fourth-order valence-electron chi connectivity index (χ4n) is 2.21. The van der Waals surface area contributed by atoms with E-state index >= 15 is 0 Å². The molecular weight excluding hydrogens is 292 g/mol. The minimum atomic E-state index is -1.10. The first-order valence-corrected chi connectivity index (χ1v) is 13.1. The van der Waals surface area contributed by atoms with Gasteiger partial charge in [0.25, 0.3) is 0 Å². The van der Waals surface area contributed by atoms with Gasteiger partial charge in [0.15, 0.2) is 8.32 Å². The molecule has 116 valence electrons. The van der Waals surface area contributed by atoms with Crippen LogP contribution in [-0.2, 0) is 10.5 Å². The molecule has 1 N–H and O–H groups in total. The van der Waals surface area contributed by atoms with Crippen LogP contribution in [-0.4, -0.2) is 29.8 Å². The van der Waals surface area contributed by atoms with Crippen LogP contribution in [0.2, 0.25) is 26.2 Å². The fraction of sp³-hybridized carbons (Fsp3) is 0.412. The van der Waals surface area contributed by atoms with Gasteiger partial charge in [0.2, 0.25) is 0 Å². The minimum absolute atomic E-state index is 0.128. The lowest BCUT2D eigenvalue weighted by atomic mass is 10.0. The highest BCUT2D eigenvalue weighted by Gasteiger charge is 2.10. The molecule has 0 radical (unpaired) electrons. The molecule has 2 aromatic carbocycles. The number of hydrogen-bond acceptors (Lipinski definition) is 2. The molecule has 0 atom stereocenters. The first-order chi connectivity index (χ1) is 9.98. The largest absolute Gasteiger partial charge is 0.461 e. The number of aliphatic hydroxyl groups excluding tert-OH is 1. The molecule has 2 rings (SSSR count). The zero-order valence-corrected chi connectivity index (χ0v) is 16.1. The van der Waals surface area contributed by atoms with Crippen LogP contribution in [0.3, 0.4) is 0 Å². The van der Waals surface area contributed by atoms with E-state index in [0.29, 0.717) is 0 Å². The van der Waals surface area contributed by atoms with Crippen molar-refractivity contribution in [3.05, 3.63) is 48.0 Å². The standard InChI is InChI=1S/C13H14O.C4H14OSi2/c14-10-4-8-12-7-3-6-11-5-1-2-9-13(11)12;1-6-5-7(2,3)4/h1-3,5-7,9,14H,4,8,10H2;6H2,1-4H3. The molecular formula is C17H28O2Si2. The summed E-state index contributed by atoms with van der Waals surface area (Å²) in [5.74, 6) is 0. The van der Waals surface area contributed by atoms with Crippen molar-refractivity contribution in [3.63, 3.8) is 0 Å². The molecule has 0 bridgehead atoms. The zero-order chi connectivity index (χ0) is 15.7. The van der Waals surface area contributed by atoms with Crippen LogP contribution >= 0.6 is 0 Å². The minimum Gasteiger partial charge on any atom is -0.461 e. The number of aliphatic hydroxyl groups is 1. The van der Waals surface area contributed by atoms with E-state index in [4.69, 9.17) is 9.22 Å². The summed E-state index contributed by atoms with van der Waals surface area (Å²) in [6.45, 7) is 9.12. The predicted molar refractivity (Wildman–Crippen MR) is 98.2 cm³/mol. The highest BCUT2D eigenvalue weighted by Crippen LogP contribution is 2.19. The maximum Gasteiger partial charge on any atom is 0.169 e. The van der Waals surface area contributed by atoms with Crippen molar-refractivity contribution in [1.82, 2.24) is 0 Å². The summed E-state index contributed by atoms with van der Waals surface area (Å²) in [4.78, 5) is 0. The fourth-order valence-corrected chi connectivity index (χ4v) is 5.68. The van der Waals surface area contributed by atoms with Crippen LogP contribution < -0.4 is 0 Å². The summed E-state index contributed by atoms with van der Waals surface area (Å²) >= 11 is 0. The molecule has 0 aliphatic heterocycles. The van der Waals surface area contributed by atoms with E-state index in [2.05, 4.69) is 68.7 Å². The van der Waals surface area contributed by atoms with Crippen molar-refractivity contribution < 1.29 is 9.22 Å². The zero-order valence-electron chi connectivity index (χ0n) is 13.7. The van der Waals surface area contributed by atoms with E-state index in [9.17, 15) is 0 Å². The van der Waals surface area contributed by atoms with Gasteiger partial charge in [-0.1, -0.05) is 49.0 Å². The van der Waals surface area contributed by atoms with Gasteiger partial charge < -0.3 is 9.22 Å². The summed E-state index contributed by atoms with van der Waals surface area (Å²) in [7, 11) is -1.22. The molecule has 0 fully saturated rings. The molecule has 0 unspecified atom stereocenters. The van der Waals surface area contributed by atoms with Crippen LogP contribution in [0.1, 0.15) is 12.0 Å². The van der Waals surface area contributed by atoms with Crippen LogP contribution in [0.4, 0.5) is 0 Å². The number of aryl methyl sites for hydroxylation is 1. The average molecular weight is 321 g/mol. The molecule has 0 amide bonds. The SMILES string of the molecule is C[SiH2]O[Si](C)(C)C.OCCCc1cccc2ccccc12. The maximum atomic E-state index is 8.80. The van der Waals surface area contributed by atoms with Gasteiger partial charge in [0.1, 0.15) is 9.76 Å². The molecule has 4 heteroatoms. The van der Waals surface area contributed by atoms with E-state index in [1.54, 1.807) is 0 Å². The molecule has 0 heterocycles. The molecule has 0 saturated heterocycles. The summed E-state index contributed by atoms with van der Waals surface area (Å²) in [6.07, 6.45) is 1.80. The Balaban J connectivity index is 0.000000270. The van der Waals surface area contributed by atoms with Gasteiger partial charge in [-0.25, -0.2) is 0 Å². The lowest BCUT2D eigenvalue weighted by Gasteiger charge is -2.14. The third-order valence-electron chi connectivity index (χ3n) is 3.06. The Kier molecular flexibility index (Phi) is 7.89. The summed E-state index contributed by atoms with van der Waals surface area (Å²) < 4.78 is 5.51. The molecule has 21 heavy (non-hydrogen) atoms. The van der Waals surface area contributed by atoms with Gasteiger partial charge in [0.05, 0.1) is 0 Å². The van der Waals surface area contributed by atoms with Crippen LogP contribution in [0.15, 0.2) is 42.5 Å². The molecule has 0 aromatic heterocycles. The van der Waals surface area contributed by atoms with Crippen molar-refractivity contribution in [2.45, 2.75) is 39.0 Å². The molecule has 2 aromatic rings. The van der Waals surface area contributed by atoms with Crippen LogP contribution in [0.5, 0.6) is 0 Å². The smallest absolute Gasteiger partial charge is 0.169 e.